The average Bonchev–Trinajstić information content (AvgIpc) is 3.70. The van der Waals surface area contributed by atoms with Crippen molar-refractivity contribution in [2.75, 3.05) is 9.80 Å². The summed E-state index contributed by atoms with van der Waals surface area (Å²) in [5.74, 6) is 0. The molecular formula is C66H71BN2O. The van der Waals surface area contributed by atoms with Crippen LogP contribution < -0.4 is 26.2 Å². The molecule has 0 radical (unpaired) electrons. The Kier molecular flexibility index (Phi) is 9.54. The molecule has 3 nitrogen and oxygen atoms in total. The van der Waals surface area contributed by atoms with Gasteiger partial charge in [0.15, 0.2) is 0 Å². The summed E-state index contributed by atoms with van der Waals surface area (Å²) in [5, 5.41) is 2.32. The highest BCUT2D eigenvalue weighted by Gasteiger charge is 2.48. The van der Waals surface area contributed by atoms with Gasteiger partial charge in [0, 0.05) is 44.9 Å². The highest BCUT2D eigenvalue weighted by molar-refractivity contribution is 7.00. The molecular weight excluding hydrogens is 848 g/mol. The summed E-state index contributed by atoms with van der Waals surface area (Å²) in [5.41, 5.74) is 24.8. The van der Waals surface area contributed by atoms with Crippen molar-refractivity contribution in [2.24, 2.45) is 0 Å². The third kappa shape index (κ3) is 6.74. The van der Waals surface area contributed by atoms with Gasteiger partial charge in [-0.25, -0.2) is 0 Å². The monoisotopic (exact) mass is 919 g/mol. The predicted octanol–water partition coefficient (Wildman–Crippen LogP) is 16.6. The molecule has 0 amide bonds. The Bertz CT molecular complexity index is 3470. The molecule has 2 aliphatic carbocycles. The van der Waals surface area contributed by atoms with Crippen LogP contribution in [0.3, 0.4) is 0 Å². The predicted molar refractivity (Wildman–Crippen MR) is 301 cm³/mol. The molecule has 0 saturated carbocycles. The quantitative estimate of drug-likeness (QED) is 0.165. The van der Waals surface area contributed by atoms with Gasteiger partial charge < -0.3 is 14.2 Å². The number of anilines is 6. The molecule has 7 aromatic carbocycles. The maximum absolute atomic E-state index is 6.38. The van der Waals surface area contributed by atoms with Crippen molar-refractivity contribution in [3.63, 3.8) is 0 Å². The summed E-state index contributed by atoms with van der Waals surface area (Å²) in [6, 6.07) is 49.7. The van der Waals surface area contributed by atoms with Gasteiger partial charge in [-0.15, -0.1) is 0 Å². The van der Waals surface area contributed by atoms with Crippen LogP contribution in [0, 0.1) is 0 Å². The van der Waals surface area contributed by atoms with Gasteiger partial charge in [-0.3, -0.25) is 0 Å². The van der Waals surface area contributed by atoms with E-state index >= 15 is 0 Å². The van der Waals surface area contributed by atoms with Gasteiger partial charge >= 0.3 is 0 Å². The van der Waals surface area contributed by atoms with Gasteiger partial charge in [0.05, 0.1) is 0 Å². The summed E-state index contributed by atoms with van der Waals surface area (Å²) in [6.07, 6.45) is 4.72. The van der Waals surface area contributed by atoms with Gasteiger partial charge in [0.1, 0.15) is 11.2 Å². The van der Waals surface area contributed by atoms with E-state index in [1.54, 1.807) is 0 Å². The Morgan fingerprint density at radius 1 is 0.443 bits per heavy atom. The van der Waals surface area contributed by atoms with Crippen LogP contribution in [0.5, 0.6) is 0 Å². The second-order valence-electron chi connectivity index (χ2n) is 26.4. The molecule has 0 unspecified atom stereocenters. The molecule has 8 aromatic rings. The van der Waals surface area contributed by atoms with Crippen LogP contribution in [-0.2, 0) is 32.5 Å². The van der Waals surface area contributed by atoms with Crippen LogP contribution in [0.25, 0.3) is 33.1 Å². The van der Waals surface area contributed by atoms with E-state index in [0.717, 1.165) is 22.2 Å². The molecule has 4 aliphatic rings. The van der Waals surface area contributed by atoms with E-state index in [1.165, 1.54) is 120 Å². The zero-order chi connectivity index (χ0) is 49.2. The molecule has 0 saturated heterocycles. The van der Waals surface area contributed by atoms with E-state index < -0.39 is 0 Å². The molecule has 0 atom stereocenters. The lowest BCUT2D eigenvalue weighted by atomic mass is 9.33. The van der Waals surface area contributed by atoms with Crippen LogP contribution in [-0.4, -0.2) is 6.71 Å². The maximum Gasteiger partial charge on any atom is 0.252 e. The molecule has 12 rings (SSSR count). The van der Waals surface area contributed by atoms with E-state index in [1.807, 2.05) is 0 Å². The van der Waals surface area contributed by atoms with Gasteiger partial charge in [0.25, 0.3) is 6.71 Å². The van der Waals surface area contributed by atoms with Crippen molar-refractivity contribution < 1.29 is 4.42 Å². The number of benzene rings is 7. The third-order valence-electron chi connectivity index (χ3n) is 17.7. The Balaban J connectivity index is 1.16. The number of para-hydroxylation sites is 1. The minimum Gasteiger partial charge on any atom is -0.456 e. The minimum atomic E-state index is -0.119. The number of fused-ring (bicyclic) bond motifs is 9. The van der Waals surface area contributed by atoms with E-state index in [-0.39, 0.29) is 39.2 Å². The summed E-state index contributed by atoms with van der Waals surface area (Å²) < 4.78 is 6.38. The van der Waals surface area contributed by atoms with Gasteiger partial charge in [-0.05, 0) is 180 Å². The molecule has 0 fully saturated rings. The Morgan fingerprint density at radius 3 is 1.61 bits per heavy atom. The second-order valence-corrected chi connectivity index (χ2v) is 26.4. The molecule has 70 heavy (non-hydrogen) atoms. The summed E-state index contributed by atoms with van der Waals surface area (Å²) >= 11 is 0. The molecule has 1 aromatic heterocycles. The number of hydrogen-bond acceptors (Lipinski definition) is 3. The maximum atomic E-state index is 6.38. The molecule has 4 heteroatoms. The molecule has 0 N–H and O–H groups in total. The van der Waals surface area contributed by atoms with Crippen LogP contribution in [0.4, 0.5) is 34.1 Å². The summed E-state index contributed by atoms with van der Waals surface area (Å²) in [4.78, 5) is 5.33. The minimum absolute atomic E-state index is 0.0379. The summed E-state index contributed by atoms with van der Waals surface area (Å²) in [6.45, 7) is 34.0. The lowest BCUT2D eigenvalue weighted by molar-refractivity contribution is 0.332. The molecule has 3 heterocycles. The van der Waals surface area contributed by atoms with E-state index in [9.17, 15) is 0 Å². The van der Waals surface area contributed by atoms with Gasteiger partial charge in [0.2, 0.25) is 0 Å². The van der Waals surface area contributed by atoms with E-state index in [2.05, 4.69) is 234 Å². The van der Waals surface area contributed by atoms with Crippen LogP contribution in [0.15, 0.2) is 132 Å². The molecule has 0 bridgehead atoms. The lowest BCUT2D eigenvalue weighted by Crippen LogP contribution is -2.62. The van der Waals surface area contributed by atoms with E-state index in [4.69, 9.17) is 4.42 Å². The first-order valence-corrected chi connectivity index (χ1v) is 26.2. The number of rotatable bonds is 3. The third-order valence-corrected chi connectivity index (χ3v) is 17.7. The molecule has 354 valence electrons. The van der Waals surface area contributed by atoms with Crippen molar-refractivity contribution in [2.45, 2.75) is 155 Å². The largest absolute Gasteiger partial charge is 0.456 e. The summed E-state index contributed by atoms with van der Waals surface area (Å²) in [7, 11) is 0. The first kappa shape index (κ1) is 45.2. The van der Waals surface area contributed by atoms with Crippen molar-refractivity contribution in [1.82, 2.24) is 0 Å². The van der Waals surface area contributed by atoms with Gasteiger partial charge in [-0.2, -0.15) is 0 Å². The average molecular weight is 919 g/mol. The smallest absolute Gasteiger partial charge is 0.252 e. The standard InChI is InChI=1S/C66H71BN2O/c1-61(2,3)41-24-29-51-53(34-41)68(43-25-22-40(23-26-43)45-19-17-21-58-59(45)46-18-15-16-20-57(46)70-58)55-35-42(62(4,5)6)36-56-60(55)67(51)52-38-49-50(66(13,14)33-32-65(49,11)12)39-54(52)69(56)44-27-28-47-48(37-44)64(9,10)31-30-63(47,7)8/h15-29,34-39H,30-33H2,1-14H3. The fourth-order valence-electron chi connectivity index (χ4n) is 13.0. The fraction of sp³-hybridized carbons (Fsp3) is 0.364. The van der Waals surface area contributed by atoms with Crippen LogP contribution >= 0.6 is 0 Å². The highest BCUT2D eigenvalue weighted by atomic mass is 16.3. The van der Waals surface area contributed by atoms with Crippen molar-refractivity contribution in [1.29, 1.82) is 0 Å². The zero-order valence-corrected chi connectivity index (χ0v) is 44.3. The number of nitrogens with zero attached hydrogens (tertiary/aromatic N) is 2. The highest BCUT2D eigenvalue weighted by Crippen LogP contribution is 2.53. The molecule has 2 aliphatic heterocycles. The zero-order valence-electron chi connectivity index (χ0n) is 44.3. The normalized spacial score (nSPS) is 18.3. The van der Waals surface area contributed by atoms with Crippen molar-refractivity contribution in [3.05, 3.63) is 161 Å². The number of hydrogen-bond donors (Lipinski definition) is 0. The van der Waals surface area contributed by atoms with Crippen molar-refractivity contribution in [3.8, 4) is 11.1 Å². The topological polar surface area (TPSA) is 19.6 Å². The number of furan rings is 1. The Hall–Kier alpha value is -6.00. The fourth-order valence-corrected chi connectivity index (χ4v) is 13.0. The van der Waals surface area contributed by atoms with Gasteiger partial charge in [-0.1, -0.05) is 164 Å². The second kappa shape index (κ2) is 14.8. The lowest BCUT2D eigenvalue weighted by Gasteiger charge is -2.48. The van der Waals surface area contributed by atoms with Crippen LogP contribution in [0.1, 0.15) is 156 Å². The van der Waals surface area contributed by atoms with Crippen molar-refractivity contribution >= 4 is 79.2 Å². The van der Waals surface area contributed by atoms with Crippen LogP contribution in [0.2, 0.25) is 0 Å². The SMILES string of the molecule is CC(C)(C)c1ccc2c(c1)N(c1ccc(-c3cccc4oc5ccccc5c34)cc1)c1cc(C(C)(C)C)cc3c1B2c1cc2c(cc1N3c1ccc3c(c1)C(C)(C)CCC3(C)C)C(C)(C)CCC2(C)C. The first-order chi connectivity index (χ1) is 32.9. The first-order valence-electron chi connectivity index (χ1n) is 26.2. The Labute approximate surface area is 418 Å². The Morgan fingerprint density at radius 2 is 0.971 bits per heavy atom. The van der Waals surface area contributed by atoms with E-state index in [0.29, 0.717) is 0 Å². The molecule has 0 spiro atoms.